The van der Waals surface area contributed by atoms with E-state index in [1.54, 1.807) is 7.11 Å². The topological polar surface area (TPSA) is 21.3 Å². The minimum Gasteiger partial charge on any atom is -0.496 e. The Morgan fingerprint density at radius 1 is 1.17 bits per heavy atom. The van der Waals surface area contributed by atoms with Gasteiger partial charge in [-0.3, -0.25) is 0 Å². The molecule has 0 heterocycles. The van der Waals surface area contributed by atoms with Crippen molar-refractivity contribution >= 4 is 0 Å². The molecule has 0 aliphatic heterocycles. The summed E-state index contributed by atoms with van der Waals surface area (Å²) >= 11 is 0. The molecule has 2 heteroatoms. The van der Waals surface area contributed by atoms with E-state index in [9.17, 15) is 0 Å². The zero-order valence-corrected chi connectivity index (χ0v) is 12.6. The molecular formula is C16H27NO. The third-order valence-electron chi connectivity index (χ3n) is 3.41. The summed E-state index contributed by atoms with van der Waals surface area (Å²) in [5.41, 5.74) is 2.56. The molecule has 0 aromatic heterocycles. The molecule has 0 saturated carbocycles. The fourth-order valence-corrected chi connectivity index (χ4v) is 2.17. The second kappa shape index (κ2) is 6.79. The molecule has 1 unspecified atom stereocenters. The lowest BCUT2D eigenvalue weighted by molar-refractivity contribution is 0.406. The van der Waals surface area contributed by atoms with Gasteiger partial charge in [-0.15, -0.1) is 0 Å². The Bertz CT molecular complexity index is 371. The van der Waals surface area contributed by atoms with E-state index in [-0.39, 0.29) is 0 Å². The maximum Gasteiger partial charge on any atom is 0.122 e. The molecule has 0 spiro atoms. The van der Waals surface area contributed by atoms with Gasteiger partial charge in [-0.2, -0.15) is 0 Å². The lowest BCUT2D eigenvalue weighted by Crippen LogP contribution is -2.30. The summed E-state index contributed by atoms with van der Waals surface area (Å²) in [6.07, 6.45) is 0. The predicted octanol–water partition coefficient (Wildman–Crippen LogP) is 3.74. The first kappa shape index (κ1) is 15.0. The molecule has 1 rings (SSSR count). The standard InChI is InChI=1S/C16H27NO/c1-11(2)15(10-17-12(3)4)14-8-7-13(5)16(9-14)18-6/h7-9,11-12,15,17H,10H2,1-6H3. The van der Waals surface area contributed by atoms with Crippen LogP contribution in [-0.4, -0.2) is 19.7 Å². The number of rotatable bonds is 6. The normalized spacial score (nSPS) is 13.1. The van der Waals surface area contributed by atoms with Gasteiger partial charge in [-0.05, 0) is 36.0 Å². The smallest absolute Gasteiger partial charge is 0.122 e. The molecule has 0 bridgehead atoms. The van der Waals surface area contributed by atoms with Gasteiger partial charge in [0, 0.05) is 12.6 Å². The van der Waals surface area contributed by atoms with Gasteiger partial charge in [0.15, 0.2) is 0 Å². The summed E-state index contributed by atoms with van der Waals surface area (Å²) < 4.78 is 5.42. The number of hydrogen-bond acceptors (Lipinski definition) is 2. The molecule has 0 saturated heterocycles. The quantitative estimate of drug-likeness (QED) is 0.829. The van der Waals surface area contributed by atoms with Gasteiger partial charge in [0.2, 0.25) is 0 Å². The van der Waals surface area contributed by atoms with Gasteiger partial charge < -0.3 is 10.1 Å². The Labute approximate surface area is 112 Å². The molecule has 1 N–H and O–H groups in total. The lowest BCUT2D eigenvalue weighted by atomic mass is 9.87. The Balaban J connectivity index is 2.91. The molecular weight excluding hydrogens is 222 g/mol. The molecule has 2 nitrogen and oxygen atoms in total. The monoisotopic (exact) mass is 249 g/mol. The van der Waals surface area contributed by atoms with Gasteiger partial charge in [0.25, 0.3) is 0 Å². The Hall–Kier alpha value is -1.02. The fraction of sp³-hybridized carbons (Fsp3) is 0.625. The van der Waals surface area contributed by atoms with E-state index >= 15 is 0 Å². The summed E-state index contributed by atoms with van der Waals surface area (Å²) in [4.78, 5) is 0. The second-order valence-electron chi connectivity index (χ2n) is 5.64. The van der Waals surface area contributed by atoms with Crippen molar-refractivity contribution in [3.05, 3.63) is 29.3 Å². The van der Waals surface area contributed by atoms with Crippen LogP contribution in [0.2, 0.25) is 0 Å². The molecule has 1 aromatic rings. The first-order valence-electron chi connectivity index (χ1n) is 6.83. The summed E-state index contributed by atoms with van der Waals surface area (Å²) in [7, 11) is 1.74. The number of nitrogens with one attached hydrogen (secondary N) is 1. The SMILES string of the molecule is COc1cc(C(CNC(C)C)C(C)C)ccc1C. The van der Waals surface area contributed by atoms with E-state index in [4.69, 9.17) is 4.74 Å². The highest BCUT2D eigenvalue weighted by atomic mass is 16.5. The van der Waals surface area contributed by atoms with E-state index < -0.39 is 0 Å². The van der Waals surface area contributed by atoms with E-state index in [1.807, 2.05) is 0 Å². The molecule has 1 atom stereocenters. The van der Waals surface area contributed by atoms with Crippen LogP contribution in [0, 0.1) is 12.8 Å². The Kier molecular flexibility index (Phi) is 5.67. The zero-order chi connectivity index (χ0) is 13.7. The van der Waals surface area contributed by atoms with E-state index in [0.717, 1.165) is 12.3 Å². The van der Waals surface area contributed by atoms with Crippen LogP contribution in [0.15, 0.2) is 18.2 Å². The van der Waals surface area contributed by atoms with Crippen molar-refractivity contribution in [2.24, 2.45) is 5.92 Å². The number of hydrogen-bond donors (Lipinski definition) is 1. The van der Waals surface area contributed by atoms with Crippen LogP contribution in [0.4, 0.5) is 0 Å². The predicted molar refractivity (Wildman–Crippen MR) is 78.4 cm³/mol. The summed E-state index contributed by atoms with van der Waals surface area (Å²) in [6.45, 7) is 12.0. The van der Waals surface area contributed by atoms with Crippen LogP contribution in [-0.2, 0) is 0 Å². The molecule has 0 aliphatic carbocycles. The third kappa shape index (κ3) is 4.02. The highest BCUT2D eigenvalue weighted by molar-refractivity contribution is 5.38. The lowest BCUT2D eigenvalue weighted by Gasteiger charge is -2.24. The highest BCUT2D eigenvalue weighted by Gasteiger charge is 2.17. The average Bonchev–Trinajstić information content (AvgIpc) is 2.30. The van der Waals surface area contributed by atoms with Crippen molar-refractivity contribution in [3.63, 3.8) is 0 Å². The van der Waals surface area contributed by atoms with Crippen molar-refractivity contribution in [2.45, 2.75) is 46.6 Å². The van der Waals surface area contributed by atoms with Crippen LogP contribution >= 0.6 is 0 Å². The fourth-order valence-electron chi connectivity index (χ4n) is 2.17. The zero-order valence-electron chi connectivity index (χ0n) is 12.6. The minimum absolute atomic E-state index is 0.526. The molecule has 0 amide bonds. The van der Waals surface area contributed by atoms with Crippen molar-refractivity contribution < 1.29 is 4.74 Å². The Morgan fingerprint density at radius 3 is 2.33 bits per heavy atom. The number of aryl methyl sites for hydroxylation is 1. The molecule has 0 fully saturated rings. The second-order valence-corrected chi connectivity index (χ2v) is 5.64. The van der Waals surface area contributed by atoms with E-state index in [1.165, 1.54) is 11.1 Å². The Morgan fingerprint density at radius 2 is 1.83 bits per heavy atom. The van der Waals surface area contributed by atoms with Crippen molar-refractivity contribution in [3.8, 4) is 5.75 Å². The number of benzene rings is 1. The van der Waals surface area contributed by atoms with Crippen molar-refractivity contribution in [2.75, 3.05) is 13.7 Å². The van der Waals surface area contributed by atoms with Gasteiger partial charge in [0.05, 0.1) is 7.11 Å². The third-order valence-corrected chi connectivity index (χ3v) is 3.41. The molecule has 1 aromatic carbocycles. The van der Waals surface area contributed by atoms with Crippen LogP contribution < -0.4 is 10.1 Å². The highest BCUT2D eigenvalue weighted by Crippen LogP contribution is 2.28. The largest absolute Gasteiger partial charge is 0.496 e. The molecule has 102 valence electrons. The summed E-state index contributed by atoms with van der Waals surface area (Å²) in [6, 6.07) is 7.09. The van der Waals surface area contributed by atoms with Gasteiger partial charge in [0.1, 0.15) is 5.75 Å². The van der Waals surface area contributed by atoms with Crippen molar-refractivity contribution in [1.82, 2.24) is 5.32 Å². The van der Waals surface area contributed by atoms with Gasteiger partial charge in [-0.1, -0.05) is 39.8 Å². The van der Waals surface area contributed by atoms with Crippen molar-refractivity contribution in [1.29, 1.82) is 0 Å². The van der Waals surface area contributed by atoms with Gasteiger partial charge >= 0.3 is 0 Å². The van der Waals surface area contributed by atoms with Crippen LogP contribution in [0.25, 0.3) is 0 Å². The van der Waals surface area contributed by atoms with Crippen LogP contribution in [0.5, 0.6) is 5.75 Å². The minimum atomic E-state index is 0.526. The molecule has 0 radical (unpaired) electrons. The molecule has 0 aliphatic rings. The van der Waals surface area contributed by atoms with E-state index in [2.05, 4.69) is 58.1 Å². The van der Waals surface area contributed by atoms with Crippen LogP contribution in [0.3, 0.4) is 0 Å². The average molecular weight is 249 g/mol. The van der Waals surface area contributed by atoms with E-state index in [0.29, 0.717) is 17.9 Å². The summed E-state index contributed by atoms with van der Waals surface area (Å²) in [5, 5.41) is 3.54. The first-order chi connectivity index (χ1) is 8.45. The number of methoxy groups -OCH3 is 1. The maximum atomic E-state index is 5.42. The summed E-state index contributed by atoms with van der Waals surface area (Å²) in [5.74, 6) is 2.13. The van der Waals surface area contributed by atoms with Gasteiger partial charge in [-0.25, -0.2) is 0 Å². The number of ether oxygens (including phenoxy) is 1. The maximum absolute atomic E-state index is 5.42. The van der Waals surface area contributed by atoms with Crippen LogP contribution in [0.1, 0.15) is 44.7 Å². The molecule has 18 heavy (non-hydrogen) atoms. The first-order valence-corrected chi connectivity index (χ1v) is 6.83.